The summed E-state index contributed by atoms with van der Waals surface area (Å²) in [5.41, 5.74) is 2.49. The fourth-order valence-electron chi connectivity index (χ4n) is 1.65. The molecule has 0 aliphatic rings. The van der Waals surface area contributed by atoms with Crippen LogP contribution in [0.1, 0.15) is 5.56 Å². The zero-order chi connectivity index (χ0) is 12.1. The average Bonchev–Trinajstić information content (AvgIpc) is 2.38. The van der Waals surface area contributed by atoms with Gasteiger partial charge in [0, 0.05) is 11.8 Å². The fourth-order valence-corrected chi connectivity index (χ4v) is 1.65. The molecule has 0 aliphatic heterocycles. The SMILES string of the molecule is FC(F)=CCc1cccnc1-c1ccccc1. The summed E-state index contributed by atoms with van der Waals surface area (Å²) in [6.45, 7) is 0. The average molecular weight is 231 g/mol. The maximum atomic E-state index is 12.1. The van der Waals surface area contributed by atoms with Crippen molar-refractivity contribution in [3.63, 3.8) is 0 Å². The monoisotopic (exact) mass is 231 g/mol. The first-order chi connectivity index (χ1) is 8.27. The third kappa shape index (κ3) is 2.97. The van der Waals surface area contributed by atoms with Gasteiger partial charge in [-0.2, -0.15) is 8.78 Å². The van der Waals surface area contributed by atoms with Crippen molar-refractivity contribution in [1.82, 2.24) is 4.98 Å². The predicted octanol–water partition coefficient (Wildman–Crippen LogP) is 4.07. The lowest BCUT2D eigenvalue weighted by molar-refractivity contribution is 0.418. The molecule has 0 bridgehead atoms. The third-order valence-electron chi connectivity index (χ3n) is 2.41. The topological polar surface area (TPSA) is 12.9 Å². The summed E-state index contributed by atoms with van der Waals surface area (Å²) in [4.78, 5) is 4.25. The maximum Gasteiger partial charge on any atom is 0.266 e. The van der Waals surface area contributed by atoms with Gasteiger partial charge < -0.3 is 0 Å². The summed E-state index contributed by atoms with van der Waals surface area (Å²) in [5, 5.41) is 0. The molecule has 3 heteroatoms. The number of allylic oxidation sites excluding steroid dienone is 1. The molecule has 2 rings (SSSR count). The third-order valence-corrected chi connectivity index (χ3v) is 2.41. The van der Waals surface area contributed by atoms with Gasteiger partial charge in [0.2, 0.25) is 0 Å². The van der Waals surface area contributed by atoms with E-state index in [0.29, 0.717) is 0 Å². The Hall–Kier alpha value is -2.03. The highest BCUT2D eigenvalue weighted by Gasteiger charge is 2.04. The van der Waals surface area contributed by atoms with Crippen molar-refractivity contribution < 1.29 is 8.78 Å². The Kier molecular flexibility index (Phi) is 3.60. The fraction of sp³-hybridized carbons (Fsp3) is 0.0714. The van der Waals surface area contributed by atoms with Gasteiger partial charge in [-0.3, -0.25) is 4.98 Å². The van der Waals surface area contributed by atoms with Crippen LogP contribution in [0.25, 0.3) is 11.3 Å². The normalized spacial score (nSPS) is 10.0. The number of nitrogens with zero attached hydrogens (tertiary/aromatic N) is 1. The Balaban J connectivity index is 2.38. The summed E-state index contributed by atoms with van der Waals surface area (Å²) in [7, 11) is 0. The van der Waals surface area contributed by atoms with E-state index in [9.17, 15) is 8.78 Å². The quantitative estimate of drug-likeness (QED) is 0.775. The predicted molar refractivity (Wildman–Crippen MR) is 63.7 cm³/mol. The second kappa shape index (κ2) is 5.34. The first-order valence-corrected chi connectivity index (χ1v) is 5.28. The van der Waals surface area contributed by atoms with Crippen molar-refractivity contribution in [2.75, 3.05) is 0 Å². The number of pyridine rings is 1. The highest BCUT2D eigenvalue weighted by Crippen LogP contribution is 2.21. The number of hydrogen-bond donors (Lipinski definition) is 0. The Morgan fingerprint density at radius 3 is 2.53 bits per heavy atom. The van der Waals surface area contributed by atoms with E-state index in [1.54, 1.807) is 12.3 Å². The number of halogens is 2. The largest absolute Gasteiger partial charge is 0.266 e. The minimum Gasteiger partial charge on any atom is -0.256 e. The van der Waals surface area contributed by atoms with Gasteiger partial charge in [-0.1, -0.05) is 36.4 Å². The van der Waals surface area contributed by atoms with Crippen molar-refractivity contribution >= 4 is 0 Å². The van der Waals surface area contributed by atoms with Crippen molar-refractivity contribution in [1.29, 1.82) is 0 Å². The van der Waals surface area contributed by atoms with E-state index in [0.717, 1.165) is 22.9 Å². The molecule has 0 N–H and O–H groups in total. The van der Waals surface area contributed by atoms with Crippen LogP contribution in [0.3, 0.4) is 0 Å². The van der Waals surface area contributed by atoms with Gasteiger partial charge in [0.15, 0.2) is 0 Å². The van der Waals surface area contributed by atoms with Gasteiger partial charge >= 0.3 is 0 Å². The van der Waals surface area contributed by atoms with E-state index in [1.165, 1.54) is 0 Å². The minimum atomic E-state index is -1.66. The van der Waals surface area contributed by atoms with Crippen LogP contribution < -0.4 is 0 Å². The van der Waals surface area contributed by atoms with Gasteiger partial charge in [-0.05, 0) is 24.1 Å². The lowest BCUT2D eigenvalue weighted by atomic mass is 10.0. The molecule has 0 radical (unpaired) electrons. The maximum absolute atomic E-state index is 12.1. The lowest BCUT2D eigenvalue weighted by Gasteiger charge is -2.06. The first kappa shape index (κ1) is 11.5. The number of rotatable bonds is 3. The van der Waals surface area contributed by atoms with E-state index in [-0.39, 0.29) is 6.42 Å². The molecule has 1 heterocycles. The van der Waals surface area contributed by atoms with E-state index in [2.05, 4.69) is 4.98 Å². The van der Waals surface area contributed by atoms with Crippen LogP contribution in [0.5, 0.6) is 0 Å². The van der Waals surface area contributed by atoms with E-state index in [4.69, 9.17) is 0 Å². The van der Waals surface area contributed by atoms with Crippen molar-refractivity contribution in [3.05, 3.63) is 66.4 Å². The summed E-state index contributed by atoms with van der Waals surface area (Å²) in [5.74, 6) is 0. The Labute approximate surface area is 98.4 Å². The second-order valence-corrected chi connectivity index (χ2v) is 3.58. The number of aromatic nitrogens is 1. The zero-order valence-corrected chi connectivity index (χ0v) is 9.11. The molecule has 0 saturated carbocycles. The van der Waals surface area contributed by atoms with Crippen molar-refractivity contribution in [3.8, 4) is 11.3 Å². The molecular formula is C14H11F2N. The van der Waals surface area contributed by atoms with Crippen LogP contribution >= 0.6 is 0 Å². The lowest BCUT2D eigenvalue weighted by Crippen LogP contribution is -1.91. The standard InChI is InChI=1S/C14H11F2N/c15-13(16)9-8-12-7-4-10-17-14(12)11-5-2-1-3-6-11/h1-7,9-10H,8H2. The zero-order valence-electron chi connectivity index (χ0n) is 9.11. The molecular weight excluding hydrogens is 220 g/mol. The number of hydrogen-bond acceptors (Lipinski definition) is 1. The molecule has 0 spiro atoms. The van der Waals surface area contributed by atoms with Crippen LogP contribution in [-0.2, 0) is 6.42 Å². The molecule has 0 fully saturated rings. The van der Waals surface area contributed by atoms with E-state index >= 15 is 0 Å². The van der Waals surface area contributed by atoms with Crippen LogP contribution in [-0.4, -0.2) is 4.98 Å². The first-order valence-electron chi connectivity index (χ1n) is 5.28. The summed E-state index contributed by atoms with van der Waals surface area (Å²) < 4.78 is 24.2. The van der Waals surface area contributed by atoms with Gasteiger partial charge in [0.25, 0.3) is 6.08 Å². The van der Waals surface area contributed by atoms with Gasteiger partial charge in [0.1, 0.15) is 0 Å². The molecule has 86 valence electrons. The van der Waals surface area contributed by atoms with Crippen LogP contribution in [0.2, 0.25) is 0 Å². The molecule has 0 atom stereocenters. The van der Waals surface area contributed by atoms with Gasteiger partial charge in [-0.25, -0.2) is 0 Å². The van der Waals surface area contributed by atoms with Crippen LogP contribution in [0, 0.1) is 0 Å². The van der Waals surface area contributed by atoms with Crippen LogP contribution in [0.15, 0.2) is 60.8 Å². The highest BCUT2D eigenvalue weighted by molar-refractivity contribution is 5.62. The van der Waals surface area contributed by atoms with Crippen molar-refractivity contribution in [2.24, 2.45) is 0 Å². The van der Waals surface area contributed by atoms with Gasteiger partial charge in [0.05, 0.1) is 5.69 Å². The molecule has 0 saturated heterocycles. The molecule has 0 unspecified atom stereocenters. The smallest absolute Gasteiger partial charge is 0.256 e. The molecule has 2 aromatic rings. The number of benzene rings is 1. The summed E-state index contributed by atoms with van der Waals surface area (Å²) in [6.07, 6.45) is 1.11. The summed E-state index contributed by atoms with van der Waals surface area (Å²) in [6, 6.07) is 13.1. The highest BCUT2D eigenvalue weighted by atomic mass is 19.3. The molecule has 1 aromatic heterocycles. The molecule has 0 amide bonds. The Morgan fingerprint density at radius 1 is 1.06 bits per heavy atom. The Bertz CT molecular complexity index is 517. The molecule has 0 aliphatic carbocycles. The molecule has 17 heavy (non-hydrogen) atoms. The van der Waals surface area contributed by atoms with Gasteiger partial charge in [-0.15, -0.1) is 0 Å². The molecule has 1 nitrogen and oxygen atoms in total. The Morgan fingerprint density at radius 2 is 1.82 bits per heavy atom. The minimum absolute atomic E-state index is 0.195. The molecule has 1 aromatic carbocycles. The second-order valence-electron chi connectivity index (χ2n) is 3.58. The summed E-state index contributed by atoms with van der Waals surface area (Å²) >= 11 is 0. The van der Waals surface area contributed by atoms with Crippen molar-refractivity contribution in [2.45, 2.75) is 6.42 Å². The van der Waals surface area contributed by atoms with E-state index in [1.807, 2.05) is 36.4 Å². The van der Waals surface area contributed by atoms with E-state index < -0.39 is 6.08 Å². The van der Waals surface area contributed by atoms with Crippen LogP contribution in [0.4, 0.5) is 8.78 Å².